The normalized spacial score (nSPS) is 10.4. The summed E-state index contributed by atoms with van der Waals surface area (Å²) in [5, 5.41) is 0.685. The molecular weight excluding hydrogens is 401 g/mol. The van der Waals surface area contributed by atoms with Gasteiger partial charge in [0.1, 0.15) is 5.82 Å². The van der Waals surface area contributed by atoms with E-state index in [-0.39, 0.29) is 11.7 Å². The summed E-state index contributed by atoms with van der Waals surface area (Å²) in [6.07, 6.45) is 0. The predicted octanol–water partition coefficient (Wildman–Crippen LogP) is 4.63. The summed E-state index contributed by atoms with van der Waals surface area (Å²) >= 11 is 6.62. The Bertz CT molecular complexity index is 619. The van der Waals surface area contributed by atoms with Gasteiger partial charge in [0.25, 0.3) is 5.91 Å². The van der Waals surface area contributed by atoms with E-state index in [0.717, 1.165) is 5.56 Å². The second kappa shape index (κ2) is 7.71. The van der Waals surface area contributed by atoms with Gasteiger partial charge < -0.3 is 4.90 Å². The molecule has 0 saturated carbocycles. The van der Waals surface area contributed by atoms with Crippen LogP contribution in [0.5, 0.6) is 0 Å². The van der Waals surface area contributed by atoms with Crippen LogP contribution in [0, 0.1) is 5.82 Å². The third-order valence-electron chi connectivity index (χ3n) is 3.02. The molecule has 0 radical (unpaired) electrons. The van der Waals surface area contributed by atoms with Crippen LogP contribution >= 0.6 is 31.9 Å². The Morgan fingerprint density at radius 3 is 2.48 bits per heavy atom. The average molecular weight is 415 g/mol. The van der Waals surface area contributed by atoms with Crippen molar-refractivity contribution < 1.29 is 9.18 Å². The van der Waals surface area contributed by atoms with E-state index in [1.165, 1.54) is 18.2 Å². The second-order valence-corrected chi connectivity index (χ2v) is 6.17. The van der Waals surface area contributed by atoms with Crippen molar-refractivity contribution in [1.82, 2.24) is 4.90 Å². The van der Waals surface area contributed by atoms with Gasteiger partial charge in [0, 0.05) is 22.9 Å². The number of benzene rings is 2. The van der Waals surface area contributed by atoms with E-state index >= 15 is 0 Å². The Labute approximate surface area is 140 Å². The summed E-state index contributed by atoms with van der Waals surface area (Å²) in [4.78, 5) is 14.4. The molecule has 2 aromatic carbocycles. The van der Waals surface area contributed by atoms with Crippen LogP contribution in [0.2, 0.25) is 0 Å². The van der Waals surface area contributed by atoms with Crippen LogP contribution in [0.3, 0.4) is 0 Å². The van der Waals surface area contributed by atoms with Crippen molar-refractivity contribution in [3.8, 4) is 0 Å². The minimum atomic E-state index is -0.367. The van der Waals surface area contributed by atoms with Crippen LogP contribution in [0.25, 0.3) is 0 Å². The number of alkyl halides is 1. The lowest BCUT2D eigenvalue weighted by molar-refractivity contribution is 0.0753. The number of carbonyl (C=O) groups excluding carboxylic acids is 1. The van der Waals surface area contributed by atoms with Gasteiger partial charge in [-0.15, -0.1) is 0 Å². The monoisotopic (exact) mass is 413 g/mol. The number of hydrogen-bond donors (Lipinski definition) is 0. The standard InChI is InChI=1S/C16H14Br2FNO/c17-8-9-20(11-12-4-2-1-3-5-12)16(21)14-7-6-13(19)10-15(14)18/h1-7,10H,8-9,11H2. The highest BCUT2D eigenvalue weighted by Crippen LogP contribution is 2.21. The smallest absolute Gasteiger partial charge is 0.255 e. The molecule has 1 amide bonds. The molecule has 21 heavy (non-hydrogen) atoms. The SMILES string of the molecule is O=C(c1ccc(F)cc1Br)N(CCBr)Cc1ccccc1. The van der Waals surface area contributed by atoms with E-state index in [0.29, 0.717) is 28.5 Å². The molecule has 0 aliphatic heterocycles. The third kappa shape index (κ3) is 4.38. The molecule has 0 N–H and O–H groups in total. The van der Waals surface area contributed by atoms with Crippen molar-refractivity contribution >= 4 is 37.8 Å². The summed E-state index contributed by atoms with van der Waals surface area (Å²) in [6, 6.07) is 13.9. The zero-order valence-electron chi connectivity index (χ0n) is 11.2. The summed E-state index contributed by atoms with van der Waals surface area (Å²) in [6.45, 7) is 1.10. The molecule has 0 bridgehead atoms. The summed E-state index contributed by atoms with van der Waals surface area (Å²) in [5.74, 6) is -0.487. The van der Waals surface area contributed by atoms with Crippen molar-refractivity contribution in [2.24, 2.45) is 0 Å². The largest absolute Gasteiger partial charge is 0.333 e. The van der Waals surface area contributed by atoms with Gasteiger partial charge in [0.15, 0.2) is 0 Å². The lowest BCUT2D eigenvalue weighted by Gasteiger charge is -2.22. The Balaban J connectivity index is 2.23. The fraction of sp³-hybridized carbons (Fsp3) is 0.188. The topological polar surface area (TPSA) is 20.3 Å². The van der Waals surface area contributed by atoms with Gasteiger partial charge in [-0.3, -0.25) is 4.79 Å². The Morgan fingerprint density at radius 1 is 1.14 bits per heavy atom. The number of halogens is 3. The Hall–Kier alpha value is -1.20. The number of rotatable bonds is 5. The van der Waals surface area contributed by atoms with Gasteiger partial charge >= 0.3 is 0 Å². The van der Waals surface area contributed by atoms with Crippen LogP contribution in [0.4, 0.5) is 4.39 Å². The van der Waals surface area contributed by atoms with Crippen LogP contribution in [-0.4, -0.2) is 22.7 Å². The average Bonchev–Trinajstić information content (AvgIpc) is 2.47. The molecular formula is C16H14Br2FNO. The van der Waals surface area contributed by atoms with Crippen molar-refractivity contribution in [3.05, 3.63) is 69.9 Å². The highest BCUT2D eigenvalue weighted by Gasteiger charge is 2.18. The lowest BCUT2D eigenvalue weighted by atomic mass is 10.1. The van der Waals surface area contributed by atoms with E-state index in [1.54, 1.807) is 4.90 Å². The van der Waals surface area contributed by atoms with Crippen LogP contribution in [-0.2, 0) is 6.54 Å². The van der Waals surface area contributed by atoms with Gasteiger partial charge in [-0.05, 0) is 39.7 Å². The Kier molecular flexibility index (Phi) is 5.94. The number of carbonyl (C=O) groups is 1. The fourth-order valence-corrected chi connectivity index (χ4v) is 2.94. The molecule has 0 atom stereocenters. The van der Waals surface area contributed by atoms with E-state index in [1.807, 2.05) is 30.3 Å². The molecule has 0 saturated heterocycles. The Morgan fingerprint density at radius 2 is 1.86 bits per heavy atom. The van der Waals surface area contributed by atoms with Gasteiger partial charge in [-0.25, -0.2) is 4.39 Å². The maximum absolute atomic E-state index is 13.1. The van der Waals surface area contributed by atoms with Crippen molar-refractivity contribution in [1.29, 1.82) is 0 Å². The highest BCUT2D eigenvalue weighted by atomic mass is 79.9. The minimum Gasteiger partial charge on any atom is -0.333 e. The molecule has 110 valence electrons. The van der Waals surface area contributed by atoms with Crippen LogP contribution < -0.4 is 0 Å². The van der Waals surface area contributed by atoms with Crippen molar-refractivity contribution in [3.63, 3.8) is 0 Å². The molecule has 2 aromatic rings. The molecule has 5 heteroatoms. The molecule has 2 nitrogen and oxygen atoms in total. The molecule has 0 unspecified atom stereocenters. The van der Waals surface area contributed by atoms with Gasteiger partial charge in [0.05, 0.1) is 5.56 Å². The van der Waals surface area contributed by atoms with E-state index in [9.17, 15) is 9.18 Å². The van der Waals surface area contributed by atoms with Crippen molar-refractivity contribution in [2.45, 2.75) is 6.54 Å². The van der Waals surface area contributed by atoms with Gasteiger partial charge in [0.2, 0.25) is 0 Å². The zero-order chi connectivity index (χ0) is 15.2. The fourth-order valence-electron chi connectivity index (χ4n) is 1.99. The van der Waals surface area contributed by atoms with E-state index in [4.69, 9.17) is 0 Å². The quantitative estimate of drug-likeness (QED) is 0.653. The maximum Gasteiger partial charge on any atom is 0.255 e. The first-order valence-electron chi connectivity index (χ1n) is 6.46. The summed E-state index contributed by atoms with van der Waals surface area (Å²) in [7, 11) is 0. The molecule has 2 rings (SSSR count). The molecule has 0 aromatic heterocycles. The highest BCUT2D eigenvalue weighted by molar-refractivity contribution is 9.10. The van der Waals surface area contributed by atoms with Gasteiger partial charge in [-0.2, -0.15) is 0 Å². The minimum absolute atomic E-state index is 0.120. The summed E-state index contributed by atoms with van der Waals surface area (Å²) in [5.41, 5.74) is 1.53. The second-order valence-electron chi connectivity index (χ2n) is 4.53. The molecule has 0 aliphatic rings. The van der Waals surface area contributed by atoms with Crippen LogP contribution in [0.1, 0.15) is 15.9 Å². The third-order valence-corrected chi connectivity index (χ3v) is 4.03. The first-order valence-corrected chi connectivity index (χ1v) is 8.37. The predicted molar refractivity (Wildman–Crippen MR) is 89.1 cm³/mol. The molecule has 0 heterocycles. The zero-order valence-corrected chi connectivity index (χ0v) is 14.4. The van der Waals surface area contributed by atoms with E-state index < -0.39 is 0 Å². The summed E-state index contributed by atoms with van der Waals surface area (Å²) < 4.78 is 13.6. The number of amides is 1. The number of nitrogens with zero attached hydrogens (tertiary/aromatic N) is 1. The number of hydrogen-bond acceptors (Lipinski definition) is 1. The molecule has 0 aliphatic carbocycles. The van der Waals surface area contributed by atoms with E-state index in [2.05, 4.69) is 31.9 Å². The first-order chi connectivity index (χ1) is 10.1. The molecule has 0 spiro atoms. The lowest BCUT2D eigenvalue weighted by Crippen LogP contribution is -2.32. The van der Waals surface area contributed by atoms with Gasteiger partial charge in [-0.1, -0.05) is 46.3 Å². The molecule has 0 fully saturated rings. The van der Waals surface area contributed by atoms with Crippen molar-refractivity contribution in [2.75, 3.05) is 11.9 Å². The first kappa shape index (κ1) is 16.2. The maximum atomic E-state index is 13.1. The van der Waals surface area contributed by atoms with Crippen LogP contribution in [0.15, 0.2) is 53.0 Å².